The fourth-order valence-electron chi connectivity index (χ4n) is 3.64. The lowest BCUT2D eigenvalue weighted by molar-refractivity contribution is -0.140. The van der Waals surface area contributed by atoms with E-state index in [1.165, 1.54) is 0 Å². The van der Waals surface area contributed by atoms with Crippen LogP contribution in [0.5, 0.6) is 0 Å². The van der Waals surface area contributed by atoms with Gasteiger partial charge in [0.15, 0.2) is 4.86 Å². The molecule has 3 rings (SSSR count). The molecule has 2 unspecified atom stereocenters. The van der Waals surface area contributed by atoms with Gasteiger partial charge >= 0.3 is 11.9 Å². The Morgan fingerprint density at radius 3 is 2.27 bits per heavy atom. The number of benzene rings is 1. The van der Waals surface area contributed by atoms with Crippen molar-refractivity contribution in [1.29, 1.82) is 5.26 Å². The molecule has 0 aromatic heterocycles. The molecule has 30 heavy (non-hydrogen) atoms. The maximum Gasteiger partial charge on any atom is 0.351 e. The number of carbonyl (C=O) groups excluding carboxylic acids is 2. The Kier molecular flexibility index (Phi) is 7.66. The first-order chi connectivity index (χ1) is 14.6. The molecule has 0 radical (unpaired) electrons. The van der Waals surface area contributed by atoms with Crippen LogP contribution in [0.2, 0.25) is 0 Å². The van der Waals surface area contributed by atoms with E-state index in [-0.39, 0.29) is 24.0 Å². The molecule has 0 amide bonds. The first-order valence-electron chi connectivity index (χ1n) is 10.1. The predicted molar refractivity (Wildman–Crippen MR) is 115 cm³/mol. The zero-order chi connectivity index (χ0) is 21.5. The topological polar surface area (TPSA) is 88.9 Å². The number of nitriles is 1. The molecule has 2 aliphatic rings. The lowest BCUT2D eigenvalue weighted by Crippen LogP contribution is -2.36. The van der Waals surface area contributed by atoms with Gasteiger partial charge in [-0.2, -0.15) is 5.26 Å². The second kappa shape index (κ2) is 10.4. The number of carbonyl (C=O) groups is 2. The Morgan fingerprint density at radius 1 is 1.13 bits per heavy atom. The molecule has 2 atom stereocenters. The molecule has 0 N–H and O–H groups in total. The van der Waals surface area contributed by atoms with Gasteiger partial charge in [-0.25, -0.2) is 9.59 Å². The second-order valence-corrected chi connectivity index (χ2v) is 8.63. The molecule has 7 nitrogen and oxygen atoms in total. The highest BCUT2D eigenvalue weighted by Gasteiger charge is 2.39. The van der Waals surface area contributed by atoms with E-state index >= 15 is 0 Å². The van der Waals surface area contributed by atoms with Crippen molar-refractivity contribution in [2.45, 2.75) is 19.8 Å². The van der Waals surface area contributed by atoms with Crippen LogP contribution in [0.3, 0.4) is 0 Å². The minimum Gasteiger partial charge on any atom is -0.462 e. The molecule has 1 saturated heterocycles. The molecular weight excluding hydrogens is 404 g/mol. The van der Waals surface area contributed by atoms with E-state index in [4.69, 9.17) is 14.2 Å². The Bertz CT molecular complexity index is 878. The average Bonchev–Trinajstić information content (AvgIpc) is 3.14. The average molecular weight is 431 g/mol. The Balaban J connectivity index is 2.20. The summed E-state index contributed by atoms with van der Waals surface area (Å²) in [5, 5.41) is 10.8. The molecule has 0 bridgehead atoms. The third-order valence-electron chi connectivity index (χ3n) is 4.93. The Morgan fingerprint density at radius 2 is 1.73 bits per heavy atom. The third-order valence-corrected chi connectivity index (χ3v) is 7.37. The second-order valence-electron chi connectivity index (χ2n) is 6.72. The fourth-order valence-corrected chi connectivity index (χ4v) is 6.31. The van der Waals surface area contributed by atoms with Crippen molar-refractivity contribution < 1.29 is 23.8 Å². The van der Waals surface area contributed by atoms with Crippen molar-refractivity contribution in [3.8, 4) is 6.07 Å². The Hall–Kier alpha value is -2.63. The van der Waals surface area contributed by atoms with Gasteiger partial charge in [-0.15, -0.1) is 10.5 Å². The van der Waals surface area contributed by atoms with Crippen LogP contribution in [0.25, 0.3) is 0 Å². The predicted octanol–water partition coefficient (Wildman–Crippen LogP) is 2.42. The van der Waals surface area contributed by atoms with E-state index in [0.717, 1.165) is 10.6 Å². The fraction of sp³-hybridized carbons (Fsp3) is 0.455. The van der Waals surface area contributed by atoms with E-state index < -0.39 is 22.4 Å². The van der Waals surface area contributed by atoms with E-state index in [9.17, 15) is 14.9 Å². The highest BCUT2D eigenvalue weighted by molar-refractivity contribution is 8.21. The molecule has 160 valence electrons. The number of allylic oxidation sites excluding steroid dienone is 1. The zero-order valence-electron chi connectivity index (χ0n) is 17.3. The highest BCUT2D eigenvalue weighted by Crippen LogP contribution is 2.48. The summed E-state index contributed by atoms with van der Waals surface area (Å²) >= 11 is 0. The summed E-state index contributed by atoms with van der Waals surface area (Å²) in [5.74, 6) is -1.07. The molecule has 1 aromatic carbocycles. The van der Waals surface area contributed by atoms with Crippen molar-refractivity contribution in [2.75, 3.05) is 45.3 Å². The number of ether oxygens (including phenoxy) is 3. The summed E-state index contributed by atoms with van der Waals surface area (Å²) in [4.78, 5) is 27.7. The molecule has 1 aromatic rings. The van der Waals surface area contributed by atoms with Gasteiger partial charge in [-0.3, -0.25) is 0 Å². The van der Waals surface area contributed by atoms with Crippen molar-refractivity contribution >= 4 is 27.3 Å². The third kappa shape index (κ3) is 4.58. The van der Waals surface area contributed by atoms with Gasteiger partial charge in [0.1, 0.15) is 0 Å². The maximum atomic E-state index is 12.8. The van der Waals surface area contributed by atoms with Crippen LogP contribution in [0, 0.1) is 11.3 Å². The van der Waals surface area contributed by atoms with Crippen molar-refractivity contribution in [3.63, 3.8) is 0 Å². The van der Waals surface area contributed by atoms with E-state index in [1.54, 1.807) is 13.8 Å². The van der Waals surface area contributed by atoms with Crippen LogP contribution in [0.1, 0.15) is 25.3 Å². The standard InChI is InChI=1S/C22H26N2O5S/c1-3-28-21(25)19(22(26)29-4-2)30-15-18(16-8-6-5-7-9-16)17(14-23)20(30)24-10-12-27-13-11-24/h5-9,18H,3-4,10-13,15H2,1-2H3. The van der Waals surface area contributed by atoms with Crippen LogP contribution in [0.4, 0.5) is 0 Å². The first kappa shape index (κ1) is 22.1. The van der Waals surface area contributed by atoms with Crippen molar-refractivity contribution in [3.05, 3.63) is 46.5 Å². The lowest BCUT2D eigenvalue weighted by atomic mass is 9.94. The van der Waals surface area contributed by atoms with Crippen LogP contribution in [0.15, 0.2) is 40.9 Å². The summed E-state index contributed by atoms with van der Waals surface area (Å²) in [6.07, 6.45) is 0. The van der Waals surface area contributed by atoms with Crippen molar-refractivity contribution in [2.24, 2.45) is 0 Å². The molecular formula is C22H26N2O5S. The Labute approximate surface area is 179 Å². The lowest BCUT2D eigenvalue weighted by Gasteiger charge is -2.31. The normalized spacial score (nSPS) is 21.2. The quantitative estimate of drug-likeness (QED) is 0.389. The molecule has 2 heterocycles. The molecule has 1 fully saturated rings. The number of esters is 2. The first-order valence-corrected chi connectivity index (χ1v) is 11.5. The molecule has 0 aliphatic carbocycles. The van der Waals surface area contributed by atoms with Crippen LogP contribution >= 0.6 is 10.5 Å². The largest absolute Gasteiger partial charge is 0.462 e. The van der Waals surface area contributed by atoms with Gasteiger partial charge < -0.3 is 19.1 Å². The summed E-state index contributed by atoms with van der Waals surface area (Å²) in [7, 11) is -0.929. The number of nitrogens with zero attached hydrogens (tertiary/aromatic N) is 2. The number of rotatable bonds is 6. The van der Waals surface area contributed by atoms with Gasteiger partial charge in [0.25, 0.3) is 0 Å². The monoisotopic (exact) mass is 430 g/mol. The molecule has 2 aliphatic heterocycles. The molecule has 8 heteroatoms. The van der Waals surface area contributed by atoms with Gasteiger partial charge in [0.05, 0.1) is 43.1 Å². The van der Waals surface area contributed by atoms with E-state index in [2.05, 4.69) is 11.0 Å². The van der Waals surface area contributed by atoms with Crippen LogP contribution in [-0.2, 0) is 23.8 Å². The summed E-state index contributed by atoms with van der Waals surface area (Å²) < 4.78 is 15.9. The summed E-state index contributed by atoms with van der Waals surface area (Å²) in [6, 6.07) is 12.1. The zero-order valence-corrected chi connectivity index (χ0v) is 18.1. The maximum absolute atomic E-state index is 12.8. The van der Waals surface area contributed by atoms with Gasteiger partial charge in [0.2, 0.25) is 0 Å². The van der Waals surface area contributed by atoms with Gasteiger partial charge in [0, 0.05) is 24.8 Å². The SMILES string of the molecule is CCOC(=O)C(C(=O)OCC)=S1CC(c2ccccc2)C(C#N)=C1N1CCOCC1. The summed E-state index contributed by atoms with van der Waals surface area (Å²) in [6.45, 7) is 5.98. The van der Waals surface area contributed by atoms with Gasteiger partial charge in [-0.1, -0.05) is 30.3 Å². The minimum absolute atomic E-state index is 0.00799. The smallest absolute Gasteiger partial charge is 0.351 e. The minimum atomic E-state index is -0.929. The van der Waals surface area contributed by atoms with Crippen molar-refractivity contribution in [1.82, 2.24) is 4.90 Å². The number of hydrogen-bond donors (Lipinski definition) is 0. The number of morpholine rings is 1. The molecule has 0 saturated carbocycles. The number of hydrogen-bond acceptors (Lipinski definition) is 7. The summed E-state index contributed by atoms with van der Waals surface area (Å²) in [5.41, 5.74) is 1.58. The van der Waals surface area contributed by atoms with Crippen LogP contribution < -0.4 is 0 Å². The van der Waals surface area contributed by atoms with Gasteiger partial charge in [-0.05, 0) is 19.4 Å². The van der Waals surface area contributed by atoms with Crippen LogP contribution in [-0.4, -0.2) is 67.0 Å². The molecule has 0 spiro atoms. The highest BCUT2D eigenvalue weighted by atomic mass is 32.2. The van der Waals surface area contributed by atoms with E-state index in [1.807, 2.05) is 30.3 Å². The van der Waals surface area contributed by atoms with E-state index in [0.29, 0.717) is 37.6 Å².